The lowest BCUT2D eigenvalue weighted by Gasteiger charge is -2.19. The molecule has 0 N–H and O–H groups in total. The Kier molecular flexibility index (Phi) is 2.25. The maximum Gasteiger partial charge on any atom is 0.0486 e. The summed E-state index contributed by atoms with van der Waals surface area (Å²) in [5.74, 6) is 0. The van der Waals surface area contributed by atoms with Crippen LogP contribution in [0.1, 0.15) is 16.8 Å². The number of para-hydroxylation sites is 1. The van der Waals surface area contributed by atoms with Gasteiger partial charge in [-0.05, 0) is 29.3 Å². The summed E-state index contributed by atoms with van der Waals surface area (Å²) in [5.41, 5.74) is 7.20. The van der Waals surface area contributed by atoms with Crippen LogP contribution in [0.25, 0.3) is 22.6 Å². The summed E-state index contributed by atoms with van der Waals surface area (Å²) in [5, 5.41) is 1.97. The summed E-state index contributed by atoms with van der Waals surface area (Å²) >= 11 is 2.02. The summed E-state index contributed by atoms with van der Waals surface area (Å²) < 4.78 is 2.38. The van der Waals surface area contributed by atoms with Crippen LogP contribution in [-0.4, -0.2) is 9.82 Å². The first-order valence-electron chi connectivity index (χ1n) is 7.37. The van der Waals surface area contributed by atoms with E-state index in [2.05, 4.69) is 66.2 Å². The average molecular weight is 289 g/mol. The lowest BCUT2D eigenvalue weighted by molar-refractivity contribution is 0.839. The number of fused-ring (bicyclic) bond motifs is 6. The second-order valence-electron chi connectivity index (χ2n) is 5.84. The Labute approximate surface area is 128 Å². The second kappa shape index (κ2) is 4.05. The number of aromatic nitrogens is 1. The van der Waals surface area contributed by atoms with Crippen molar-refractivity contribution < 1.29 is 0 Å². The lowest BCUT2D eigenvalue weighted by atomic mass is 9.91. The first-order chi connectivity index (χ1) is 10.3. The fourth-order valence-electron chi connectivity index (χ4n) is 3.73. The molecule has 0 saturated carbocycles. The molecule has 102 valence electrons. The molecule has 21 heavy (non-hydrogen) atoms. The average Bonchev–Trinajstić information content (AvgIpc) is 3.02. The Balaban J connectivity index is 1.81. The molecule has 2 aromatic carbocycles. The molecule has 1 unspecified atom stereocenters. The Morgan fingerprint density at radius 1 is 1.05 bits per heavy atom. The van der Waals surface area contributed by atoms with Crippen molar-refractivity contribution in [2.45, 2.75) is 16.6 Å². The summed E-state index contributed by atoms with van der Waals surface area (Å²) in [6.45, 7) is 0. The normalized spacial score (nSPS) is 19.1. The molecule has 0 spiro atoms. The zero-order valence-corrected chi connectivity index (χ0v) is 12.7. The van der Waals surface area contributed by atoms with Gasteiger partial charge in [-0.2, -0.15) is 0 Å². The summed E-state index contributed by atoms with van der Waals surface area (Å²) in [6.07, 6.45) is 3.57. The molecule has 0 bridgehead atoms. The summed E-state index contributed by atoms with van der Waals surface area (Å²) in [6, 6.07) is 17.6. The molecule has 1 aliphatic heterocycles. The van der Waals surface area contributed by atoms with Crippen LogP contribution < -0.4 is 0 Å². The number of hydrogen-bond donors (Lipinski definition) is 0. The monoisotopic (exact) mass is 289 g/mol. The first-order valence-corrected chi connectivity index (χ1v) is 8.25. The van der Waals surface area contributed by atoms with Gasteiger partial charge in [0, 0.05) is 45.8 Å². The van der Waals surface area contributed by atoms with Gasteiger partial charge in [0.15, 0.2) is 0 Å². The van der Waals surface area contributed by atoms with Gasteiger partial charge in [0.05, 0.1) is 0 Å². The maximum atomic E-state index is 2.44. The van der Waals surface area contributed by atoms with Crippen molar-refractivity contribution in [2.24, 2.45) is 7.05 Å². The van der Waals surface area contributed by atoms with E-state index in [1.165, 1.54) is 38.2 Å². The molecular formula is C19H15NS. The van der Waals surface area contributed by atoms with E-state index >= 15 is 0 Å². The Morgan fingerprint density at radius 3 is 2.81 bits per heavy atom. The molecule has 0 radical (unpaired) electrons. The third-order valence-corrected chi connectivity index (χ3v) is 6.08. The molecule has 5 rings (SSSR count). The number of hydrogen-bond acceptors (Lipinski definition) is 1. The molecule has 1 aromatic heterocycles. The minimum atomic E-state index is 0.581. The van der Waals surface area contributed by atoms with Crippen LogP contribution in [0, 0.1) is 0 Å². The molecule has 2 heterocycles. The van der Waals surface area contributed by atoms with Gasteiger partial charge in [-0.15, -0.1) is 11.8 Å². The first kappa shape index (κ1) is 11.7. The van der Waals surface area contributed by atoms with E-state index in [0.717, 1.165) is 6.42 Å². The minimum absolute atomic E-state index is 0.581. The molecule has 0 amide bonds. The Bertz CT molecular complexity index is 916. The molecule has 1 aliphatic carbocycles. The Hall–Kier alpha value is -1.93. The van der Waals surface area contributed by atoms with E-state index < -0.39 is 0 Å². The van der Waals surface area contributed by atoms with E-state index in [0.29, 0.717) is 5.25 Å². The van der Waals surface area contributed by atoms with Gasteiger partial charge >= 0.3 is 0 Å². The highest BCUT2D eigenvalue weighted by atomic mass is 32.2. The number of thioether (sulfide) groups is 1. The van der Waals surface area contributed by atoms with Crippen LogP contribution in [0.3, 0.4) is 0 Å². The molecule has 1 atom stereocenters. The van der Waals surface area contributed by atoms with Gasteiger partial charge in [-0.1, -0.05) is 36.4 Å². The van der Waals surface area contributed by atoms with Crippen LogP contribution in [-0.2, 0) is 13.5 Å². The number of benzene rings is 2. The predicted octanol–water partition coefficient (Wildman–Crippen LogP) is 4.75. The van der Waals surface area contributed by atoms with E-state index in [9.17, 15) is 0 Å². The molecule has 3 aromatic rings. The molecule has 0 saturated heterocycles. The highest BCUT2D eigenvalue weighted by Gasteiger charge is 2.33. The summed E-state index contributed by atoms with van der Waals surface area (Å²) in [4.78, 5) is 1.44. The van der Waals surface area contributed by atoms with Crippen LogP contribution in [0.5, 0.6) is 0 Å². The molecule has 1 nitrogen and oxygen atoms in total. The van der Waals surface area contributed by atoms with Crippen molar-refractivity contribution in [1.82, 2.24) is 4.57 Å². The standard InChI is InChI=1S/C19H15NS/c1-20-16-8-4-2-6-12(16)14-10-15-13-7-3-5-9-18(13)21-19(15)11-17(14)20/h2-10,19H,11H2,1H3. The summed E-state index contributed by atoms with van der Waals surface area (Å²) in [7, 11) is 2.20. The van der Waals surface area contributed by atoms with Crippen LogP contribution in [0.2, 0.25) is 0 Å². The second-order valence-corrected chi connectivity index (χ2v) is 7.09. The lowest BCUT2D eigenvalue weighted by Crippen LogP contribution is -2.13. The van der Waals surface area contributed by atoms with Crippen molar-refractivity contribution in [3.63, 3.8) is 0 Å². The van der Waals surface area contributed by atoms with Crippen LogP contribution in [0.15, 0.2) is 53.4 Å². The zero-order chi connectivity index (χ0) is 14.0. The van der Waals surface area contributed by atoms with Crippen LogP contribution in [0.4, 0.5) is 0 Å². The highest BCUT2D eigenvalue weighted by molar-refractivity contribution is 8.00. The van der Waals surface area contributed by atoms with E-state index in [4.69, 9.17) is 0 Å². The Morgan fingerprint density at radius 2 is 1.86 bits per heavy atom. The van der Waals surface area contributed by atoms with E-state index in [-0.39, 0.29) is 0 Å². The maximum absolute atomic E-state index is 2.44. The van der Waals surface area contributed by atoms with Gasteiger partial charge in [0.1, 0.15) is 0 Å². The van der Waals surface area contributed by atoms with Crippen LogP contribution >= 0.6 is 11.8 Å². The quantitative estimate of drug-likeness (QED) is 0.578. The minimum Gasteiger partial charge on any atom is -0.347 e. The number of nitrogens with zero attached hydrogens (tertiary/aromatic N) is 1. The van der Waals surface area contributed by atoms with Crippen molar-refractivity contribution in [1.29, 1.82) is 0 Å². The largest absolute Gasteiger partial charge is 0.347 e. The van der Waals surface area contributed by atoms with Gasteiger partial charge in [-0.3, -0.25) is 0 Å². The van der Waals surface area contributed by atoms with E-state index in [1.54, 1.807) is 0 Å². The van der Waals surface area contributed by atoms with Gasteiger partial charge in [0.25, 0.3) is 0 Å². The number of rotatable bonds is 0. The highest BCUT2D eigenvalue weighted by Crippen LogP contribution is 2.50. The van der Waals surface area contributed by atoms with Crippen molar-refractivity contribution >= 4 is 34.3 Å². The SMILES string of the molecule is Cn1c2c(c3ccccc31)C=C1c3ccccc3SC1C2. The molecule has 2 aliphatic rings. The fraction of sp³-hybridized carbons (Fsp3) is 0.158. The van der Waals surface area contributed by atoms with Gasteiger partial charge < -0.3 is 4.57 Å². The third kappa shape index (κ3) is 1.48. The topological polar surface area (TPSA) is 4.93 Å². The predicted molar refractivity (Wildman–Crippen MR) is 90.6 cm³/mol. The van der Waals surface area contributed by atoms with Gasteiger partial charge in [0.2, 0.25) is 0 Å². The fourth-order valence-corrected chi connectivity index (χ4v) is 5.07. The smallest absolute Gasteiger partial charge is 0.0486 e. The third-order valence-electron chi connectivity index (χ3n) is 4.76. The molecule has 2 heteroatoms. The van der Waals surface area contributed by atoms with Crippen molar-refractivity contribution in [3.8, 4) is 0 Å². The number of aryl methyl sites for hydroxylation is 1. The van der Waals surface area contributed by atoms with Crippen molar-refractivity contribution in [3.05, 3.63) is 65.4 Å². The molecular weight excluding hydrogens is 274 g/mol. The molecule has 0 fully saturated rings. The van der Waals surface area contributed by atoms with Crippen molar-refractivity contribution in [2.75, 3.05) is 0 Å². The zero-order valence-electron chi connectivity index (χ0n) is 11.8. The van der Waals surface area contributed by atoms with Gasteiger partial charge in [-0.25, -0.2) is 0 Å². The van der Waals surface area contributed by atoms with E-state index in [1.807, 2.05) is 11.8 Å².